The maximum Gasteiger partial charge on any atom is 0.231 e. The van der Waals surface area contributed by atoms with Gasteiger partial charge in [0.2, 0.25) is 12.7 Å². The Hall–Kier alpha value is -3.29. The van der Waals surface area contributed by atoms with Gasteiger partial charge >= 0.3 is 0 Å². The van der Waals surface area contributed by atoms with Crippen molar-refractivity contribution < 1.29 is 18.9 Å². The molecule has 2 aromatic rings. The first kappa shape index (κ1) is 17.1. The van der Waals surface area contributed by atoms with Crippen molar-refractivity contribution in [3.05, 3.63) is 57.4 Å². The molecule has 0 saturated heterocycles. The van der Waals surface area contributed by atoms with Gasteiger partial charge in [-0.3, -0.25) is 0 Å². The van der Waals surface area contributed by atoms with Crippen LogP contribution < -0.4 is 24.7 Å². The van der Waals surface area contributed by atoms with Crippen LogP contribution >= 0.6 is 15.9 Å². The number of fused-ring (bicyclic) bond motifs is 2. The third-order valence-electron chi connectivity index (χ3n) is 4.31. The molecular formula is C20H13BrN2O4. The van der Waals surface area contributed by atoms with Crippen molar-refractivity contribution in [3.63, 3.8) is 0 Å². The number of ether oxygens (including phenoxy) is 4. The van der Waals surface area contributed by atoms with Crippen molar-refractivity contribution in [2.45, 2.75) is 5.92 Å². The lowest BCUT2D eigenvalue weighted by Crippen LogP contribution is -2.21. The molecule has 0 spiro atoms. The Kier molecular flexibility index (Phi) is 4.31. The van der Waals surface area contributed by atoms with Crippen LogP contribution in [-0.4, -0.2) is 13.4 Å². The van der Waals surface area contributed by atoms with Crippen molar-refractivity contribution in [3.8, 4) is 41.4 Å². The molecular weight excluding hydrogens is 412 g/mol. The summed E-state index contributed by atoms with van der Waals surface area (Å²) < 4.78 is 22.7. The van der Waals surface area contributed by atoms with Crippen LogP contribution in [0.25, 0.3) is 0 Å². The topological polar surface area (TPSA) is 86.7 Å². The summed E-state index contributed by atoms with van der Waals surface area (Å²) in [5.74, 6) is 4.42. The molecule has 4 rings (SSSR count). The van der Waals surface area contributed by atoms with Crippen molar-refractivity contribution in [1.82, 2.24) is 0 Å². The van der Waals surface area contributed by atoms with Crippen LogP contribution in [0.3, 0.4) is 0 Å². The number of nitrogens with zero attached hydrogens (tertiary/aromatic N) is 1. The van der Waals surface area contributed by atoms with E-state index in [0.717, 1.165) is 15.6 Å². The third kappa shape index (κ3) is 2.92. The molecule has 2 N–H and O–H groups in total. The molecule has 0 fully saturated rings. The molecule has 7 heteroatoms. The summed E-state index contributed by atoms with van der Waals surface area (Å²) >= 11 is 3.49. The summed E-state index contributed by atoms with van der Waals surface area (Å²) in [6.45, 7) is 0.307. The summed E-state index contributed by atoms with van der Waals surface area (Å²) in [4.78, 5) is 0. The Bertz CT molecular complexity index is 1050. The fourth-order valence-electron chi connectivity index (χ4n) is 3.12. The van der Waals surface area contributed by atoms with Crippen LogP contribution in [-0.2, 0) is 0 Å². The van der Waals surface area contributed by atoms with Gasteiger partial charge in [0.25, 0.3) is 0 Å². The Balaban J connectivity index is 1.83. The lowest BCUT2D eigenvalue weighted by molar-refractivity contribution is 0.174. The number of halogens is 1. The van der Waals surface area contributed by atoms with Crippen LogP contribution in [0.1, 0.15) is 17.0 Å². The Morgan fingerprint density at radius 3 is 2.70 bits per heavy atom. The molecule has 0 aliphatic carbocycles. The molecule has 0 radical (unpaired) electrons. The SMILES string of the molecule is C#CCOc1ccc(C2C(C#N)=C(N)Oc3cc4c(cc32)OCO4)cc1Br. The number of nitriles is 1. The van der Waals surface area contributed by atoms with E-state index in [0.29, 0.717) is 28.6 Å². The molecule has 2 aromatic carbocycles. The van der Waals surface area contributed by atoms with E-state index < -0.39 is 5.92 Å². The van der Waals surface area contributed by atoms with Gasteiger partial charge in [-0.1, -0.05) is 12.0 Å². The Labute approximate surface area is 164 Å². The zero-order valence-electron chi connectivity index (χ0n) is 14.0. The largest absolute Gasteiger partial charge is 0.480 e. The summed E-state index contributed by atoms with van der Waals surface area (Å²) in [7, 11) is 0. The number of terminal acetylenes is 1. The van der Waals surface area contributed by atoms with E-state index in [4.69, 9.17) is 31.1 Å². The lowest BCUT2D eigenvalue weighted by Gasteiger charge is -2.27. The van der Waals surface area contributed by atoms with E-state index >= 15 is 0 Å². The van der Waals surface area contributed by atoms with E-state index in [9.17, 15) is 5.26 Å². The van der Waals surface area contributed by atoms with Crippen molar-refractivity contribution in [2.24, 2.45) is 5.73 Å². The molecule has 0 aromatic heterocycles. The highest BCUT2D eigenvalue weighted by Gasteiger charge is 2.33. The highest BCUT2D eigenvalue weighted by atomic mass is 79.9. The molecule has 1 unspecified atom stereocenters. The van der Waals surface area contributed by atoms with E-state index in [1.165, 1.54) is 0 Å². The van der Waals surface area contributed by atoms with Gasteiger partial charge in [0.05, 0.1) is 10.4 Å². The first-order chi connectivity index (χ1) is 13.1. The predicted molar refractivity (Wildman–Crippen MR) is 100 cm³/mol. The Morgan fingerprint density at radius 1 is 1.22 bits per heavy atom. The number of benzene rings is 2. The van der Waals surface area contributed by atoms with Gasteiger partial charge in [-0.2, -0.15) is 5.26 Å². The summed E-state index contributed by atoms with van der Waals surface area (Å²) in [6.07, 6.45) is 5.24. The van der Waals surface area contributed by atoms with Crippen LogP contribution in [0.4, 0.5) is 0 Å². The highest BCUT2D eigenvalue weighted by molar-refractivity contribution is 9.10. The zero-order chi connectivity index (χ0) is 19.0. The minimum Gasteiger partial charge on any atom is -0.480 e. The molecule has 2 heterocycles. The number of nitrogens with two attached hydrogens (primary N) is 1. The van der Waals surface area contributed by atoms with Crippen molar-refractivity contribution in [2.75, 3.05) is 13.4 Å². The highest BCUT2D eigenvalue weighted by Crippen LogP contribution is 2.48. The first-order valence-electron chi connectivity index (χ1n) is 7.99. The molecule has 2 aliphatic heterocycles. The third-order valence-corrected chi connectivity index (χ3v) is 4.93. The number of rotatable bonds is 3. The summed E-state index contributed by atoms with van der Waals surface area (Å²) in [5, 5.41) is 9.67. The lowest BCUT2D eigenvalue weighted by atomic mass is 9.83. The average Bonchev–Trinajstić information content (AvgIpc) is 3.11. The summed E-state index contributed by atoms with van der Waals surface area (Å²) in [5.41, 5.74) is 7.96. The second kappa shape index (κ2) is 6.79. The van der Waals surface area contributed by atoms with Crippen LogP contribution in [0, 0.1) is 23.7 Å². The molecule has 0 amide bonds. The van der Waals surface area contributed by atoms with Gasteiger partial charge in [-0.15, -0.1) is 6.42 Å². The fraction of sp³-hybridized carbons (Fsp3) is 0.150. The maximum absolute atomic E-state index is 9.67. The van der Waals surface area contributed by atoms with Crippen molar-refractivity contribution >= 4 is 15.9 Å². The predicted octanol–water partition coefficient (Wildman–Crippen LogP) is 3.41. The molecule has 0 bridgehead atoms. The summed E-state index contributed by atoms with van der Waals surface area (Å²) in [6, 6.07) is 11.3. The van der Waals surface area contributed by atoms with E-state index in [1.54, 1.807) is 12.1 Å². The number of hydrogen-bond donors (Lipinski definition) is 1. The number of hydrogen-bond acceptors (Lipinski definition) is 6. The molecule has 1 atom stereocenters. The molecule has 6 nitrogen and oxygen atoms in total. The van der Waals surface area contributed by atoms with Crippen LogP contribution in [0.2, 0.25) is 0 Å². The first-order valence-corrected chi connectivity index (χ1v) is 8.78. The van der Waals surface area contributed by atoms with E-state index in [-0.39, 0.29) is 19.3 Å². The van der Waals surface area contributed by atoms with Crippen LogP contribution in [0.5, 0.6) is 23.0 Å². The van der Waals surface area contributed by atoms with E-state index in [2.05, 4.69) is 27.9 Å². The standard InChI is InChI=1S/C20H13BrN2O4/c1-2-5-24-15-4-3-11(6-14(15)21)19-12-7-17-18(26-10-25-17)8-16(12)27-20(23)13(19)9-22/h1,3-4,6-8,19H,5,10,23H2. The van der Waals surface area contributed by atoms with E-state index in [1.807, 2.05) is 18.2 Å². The van der Waals surface area contributed by atoms with Crippen molar-refractivity contribution in [1.29, 1.82) is 5.26 Å². The second-order valence-corrected chi connectivity index (χ2v) is 6.71. The normalized spacial score (nSPS) is 16.8. The second-order valence-electron chi connectivity index (χ2n) is 5.85. The zero-order valence-corrected chi connectivity index (χ0v) is 15.6. The van der Waals surface area contributed by atoms with Gasteiger partial charge < -0.3 is 24.7 Å². The van der Waals surface area contributed by atoms with Crippen LogP contribution in [0.15, 0.2) is 46.3 Å². The van der Waals surface area contributed by atoms with Gasteiger partial charge in [-0.25, -0.2) is 0 Å². The van der Waals surface area contributed by atoms with Gasteiger partial charge in [0.1, 0.15) is 29.7 Å². The van der Waals surface area contributed by atoms with Gasteiger partial charge in [-0.05, 0) is 39.7 Å². The van der Waals surface area contributed by atoms with Gasteiger partial charge in [0.15, 0.2) is 11.5 Å². The molecule has 2 aliphatic rings. The maximum atomic E-state index is 9.67. The Morgan fingerprint density at radius 2 is 2.00 bits per heavy atom. The fourth-order valence-corrected chi connectivity index (χ4v) is 3.63. The molecule has 134 valence electrons. The monoisotopic (exact) mass is 424 g/mol. The quantitative estimate of drug-likeness (QED) is 0.759. The van der Waals surface area contributed by atoms with Gasteiger partial charge in [0, 0.05) is 11.6 Å². The molecule has 27 heavy (non-hydrogen) atoms. The molecule has 0 saturated carbocycles. The smallest absolute Gasteiger partial charge is 0.231 e. The average molecular weight is 425 g/mol. The minimum absolute atomic E-state index is 0.0673. The number of allylic oxidation sites excluding steroid dienone is 1. The minimum atomic E-state index is -0.411.